The zero-order valence-electron chi connectivity index (χ0n) is 18.7. The Bertz CT molecular complexity index is 675. The minimum absolute atomic E-state index is 0.155. The molecule has 3 rings (SSSR count). The van der Waals surface area contributed by atoms with Gasteiger partial charge in [-0.15, -0.1) is 0 Å². The van der Waals surface area contributed by atoms with E-state index in [1.54, 1.807) is 0 Å². The quantitative estimate of drug-likeness (QED) is 0.499. The van der Waals surface area contributed by atoms with Crippen molar-refractivity contribution >= 4 is 11.9 Å². The van der Waals surface area contributed by atoms with Gasteiger partial charge in [-0.2, -0.15) is 0 Å². The smallest absolute Gasteiger partial charge is 0.241 e. The van der Waals surface area contributed by atoms with E-state index < -0.39 is 0 Å². The number of nitrogens with zero attached hydrogens (tertiary/aromatic N) is 4. The van der Waals surface area contributed by atoms with Crippen LogP contribution < -0.4 is 10.6 Å². The van der Waals surface area contributed by atoms with E-state index in [9.17, 15) is 4.79 Å². The Morgan fingerprint density at radius 2 is 1.53 bits per heavy atom. The summed E-state index contributed by atoms with van der Waals surface area (Å²) in [6.45, 7) is 14.5. The molecule has 1 aromatic rings. The predicted octanol–water partition coefficient (Wildman–Crippen LogP) is 1.50. The molecule has 2 aliphatic rings. The zero-order chi connectivity index (χ0) is 21.2. The molecule has 2 saturated heterocycles. The predicted molar refractivity (Wildman–Crippen MR) is 122 cm³/mol. The van der Waals surface area contributed by atoms with Crippen molar-refractivity contribution in [3.63, 3.8) is 0 Å². The van der Waals surface area contributed by atoms with Crippen molar-refractivity contribution in [1.29, 1.82) is 0 Å². The van der Waals surface area contributed by atoms with E-state index in [2.05, 4.69) is 56.6 Å². The Morgan fingerprint density at radius 1 is 0.900 bits per heavy atom. The van der Waals surface area contributed by atoms with Crippen LogP contribution in [0, 0.1) is 0 Å². The molecule has 166 valence electrons. The van der Waals surface area contributed by atoms with E-state index in [-0.39, 0.29) is 5.91 Å². The highest BCUT2D eigenvalue weighted by atomic mass is 16.2. The molecular weight excluding hydrogens is 376 g/mol. The molecule has 2 fully saturated rings. The average Bonchev–Trinajstić information content (AvgIpc) is 3.32. The second-order valence-electron chi connectivity index (χ2n) is 8.16. The summed E-state index contributed by atoms with van der Waals surface area (Å²) < 4.78 is 0. The lowest BCUT2D eigenvalue weighted by Gasteiger charge is -2.34. The van der Waals surface area contributed by atoms with Crippen LogP contribution >= 0.6 is 0 Å². The molecule has 2 aliphatic heterocycles. The summed E-state index contributed by atoms with van der Waals surface area (Å²) in [7, 11) is 0. The molecule has 0 aromatic heterocycles. The van der Waals surface area contributed by atoms with Gasteiger partial charge < -0.3 is 20.4 Å². The van der Waals surface area contributed by atoms with Crippen molar-refractivity contribution < 1.29 is 4.79 Å². The molecule has 2 heterocycles. The number of carbonyl (C=O) groups is 1. The molecular formula is C23H38N6O. The maximum absolute atomic E-state index is 12.2. The summed E-state index contributed by atoms with van der Waals surface area (Å²) in [4.78, 5) is 23.9. The third-order valence-electron chi connectivity index (χ3n) is 5.97. The number of likely N-dealkylation sites (tertiary alicyclic amines) is 1. The molecule has 1 amide bonds. The molecule has 0 bridgehead atoms. The summed E-state index contributed by atoms with van der Waals surface area (Å²) in [5.74, 6) is 0.852. The number of hydrogen-bond donors (Lipinski definition) is 2. The minimum atomic E-state index is 0.155. The number of nitrogens with one attached hydrogen (secondary N) is 2. The number of piperazine rings is 1. The fourth-order valence-electron chi connectivity index (χ4n) is 4.02. The highest BCUT2D eigenvalue weighted by Crippen LogP contribution is 2.11. The monoisotopic (exact) mass is 414 g/mol. The largest absolute Gasteiger partial charge is 0.357 e. The number of rotatable bonds is 8. The standard InChI is InChI=1S/C23H38N6O/c1-3-24-23(26-18-22(30)29-11-5-6-12-29)25-17-20-7-9-21(10-8-20)19-28-15-13-27(4-2)14-16-28/h7-10H,3-6,11-19H2,1-2H3,(H2,24,25,26). The first kappa shape index (κ1) is 22.6. The van der Waals surface area contributed by atoms with Gasteiger partial charge in [-0.3, -0.25) is 9.69 Å². The summed E-state index contributed by atoms with van der Waals surface area (Å²) in [5, 5.41) is 6.41. The number of guanidine groups is 1. The lowest BCUT2D eigenvalue weighted by Crippen LogP contribution is -2.45. The van der Waals surface area contributed by atoms with Gasteiger partial charge in [0.05, 0.1) is 13.1 Å². The van der Waals surface area contributed by atoms with Gasteiger partial charge in [0, 0.05) is 52.4 Å². The van der Waals surface area contributed by atoms with Crippen molar-refractivity contribution in [2.75, 3.05) is 58.9 Å². The number of carbonyl (C=O) groups excluding carboxylic acids is 1. The van der Waals surface area contributed by atoms with Crippen molar-refractivity contribution in [3.8, 4) is 0 Å². The fourth-order valence-corrected chi connectivity index (χ4v) is 4.02. The Kier molecular flexibility index (Phi) is 8.96. The number of hydrogen-bond acceptors (Lipinski definition) is 4. The van der Waals surface area contributed by atoms with E-state index >= 15 is 0 Å². The minimum Gasteiger partial charge on any atom is -0.357 e. The van der Waals surface area contributed by atoms with E-state index in [4.69, 9.17) is 0 Å². The molecule has 0 radical (unpaired) electrons. The van der Waals surface area contributed by atoms with Crippen LogP contribution in [0.25, 0.3) is 0 Å². The second kappa shape index (κ2) is 11.9. The van der Waals surface area contributed by atoms with Gasteiger partial charge in [0.1, 0.15) is 0 Å². The average molecular weight is 415 g/mol. The number of likely N-dealkylation sites (N-methyl/N-ethyl adjacent to an activating group) is 1. The van der Waals surface area contributed by atoms with Crippen LogP contribution in [0.4, 0.5) is 0 Å². The van der Waals surface area contributed by atoms with Crippen LogP contribution in [-0.4, -0.2) is 85.5 Å². The van der Waals surface area contributed by atoms with Crippen LogP contribution in [0.15, 0.2) is 29.3 Å². The van der Waals surface area contributed by atoms with Gasteiger partial charge in [-0.05, 0) is 37.4 Å². The molecule has 0 aliphatic carbocycles. The Morgan fingerprint density at radius 3 is 2.17 bits per heavy atom. The van der Waals surface area contributed by atoms with Crippen LogP contribution in [0.5, 0.6) is 0 Å². The van der Waals surface area contributed by atoms with Crippen LogP contribution in [0.1, 0.15) is 37.8 Å². The highest BCUT2D eigenvalue weighted by molar-refractivity contribution is 5.86. The third-order valence-corrected chi connectivity index (χ3v) is 5.97. The van der Waals surface area contributed by atoms with E-state index in [1.807, 2.05) is 11.8 Å². The lowest BCUT2D eigenvalue weighted by atomic mass is 10.1. The van der Waals surface area contributed by atoms with Crippen molar-refractivity contribution in [3.05, 3.63) is 35.4 Å². The molecule has 1 aromatic carbocycles. The summed E-state index contributed by atoms with van der Waals surface area (Å²) in [6, 6.07) is 8.77. The van der Waals surface area contributed by atoms with Crippen LogP contribution in [0.3, 0.4) is 0 Å². The highest BCUT2D eigenvalue weighted by Gasteiger charge is 2.18. The van der Waals surface area contributed by atoms with Gasteiger partial charge >= 0.3 is 0 Å². The third kappa shape index (κ3) is 6.99. The van der Waals surface area contributed by atoms with Gasteiger partial charge in [0.25, 0.3) is 0 Å². The zero-order valence-corrected chi connectivity index (χ0v) is 18.7. The van der Waals surface area contributed by atoms with Gasteiger partial charge in [-0.1, -0.05) is 31.2 Å². The molecule has 0 saturated carbocycles. The molecule has 7 nitrogen and oxygen atoms in total. The molecule has 7 heteroatoms. The SMILES string of the molecule is CCNC(=NCc1ccc(CN2CCN(CC)CC2)cc1)NCC(=O)N1CCCC1. The van der Waals surface area contributed by atoms with Gasteiger partial charge in [0.15, 0.2) is 5.96 Å². The summed E-state index contributed by atoms with van der Waals surface area (Å²) in [6.07, 6.45) is 2.23. The van der Waals surface area contributed by atoms with Crippen LogP contribution in [0.2, 0.25) is 0 Å². The first-order valence-corrected chi connectivity index (χ1v) is 11.5. The van der Waals surface area contributed by atoms with Crippen molar-refractivity contribution in [2.24, 2.45) is 4.99 Å². The molecule has 30 heavy (non-hydrogen) atoms. The van der Waals surface area contributed by atoms with Gasteiger partial charge in [-0.25, -0.2) is 4.99 Å². The maximum Gasteiger partial charge on any atom is 0.241 e. The maximum atomic E-state index is 12.2. The number of benzene rings is 1. The Balaban J connectivity index is 1.46. The van der Waals surface area contributed by atoms with Gasteiger partial charge in [0.2, 0.25) is 5.91 Å². The first-order valence-electron chi connectivity index (χ1n) is 11.5. The molecule has 0 unspecified atom stereocenters. The number of amides is 1. The Labute approximate surface area is 181 Å². The lowest BCUT2D eigenvalue weighted by molar-refractivity contribution is -0.128. The Hall–Kier alpha value is -2.12. The topological polar surface area (TPSA) is 63.2 Å². The normalized spacial score (nSPS) is 18.6. The van der Waals surface area contributed by atoms with E-state index in [0.29, 0.717) is 19.0 Å². The summed E-state index contributed by atoms with van der Waals surface area (Å²) in [5.41, 5.74) is 2.53. The summed E-state index contributed by atoms with van der Waals surface area (Å²) >= 11 is 0. The van der Waals surface area contributed by atoms with Crippen LogP contribution in [-0.2, 0) is 17.9 Å². The van der Waals surface area contributed by atoms with E-state index in [1.165, 1.54) is 24.2 Å². The van der Waals surface area contributed by atoms with E-state index in [0.717, 1.165) is 58.7 Å². The first-order chi connectivity index (χ1) is 14.7. The molecule has 0 spiro atoms. The molecule has 2 N–H and O–H groups in total. The number of aliphatic imine (C=N–C) groups is 1. The second-order valence-corrected chi connectivity index (χ2v) is 8.16. The fraction of sp³-hybridized carbons (Fsp3) is 0.652. The van der Waals surface area contributed by atoms with Crippen molar-refractivity contribution in [2.45, 2.75) is 39.8 Å². The van der Waals surface area contributed by atoms with Crippen molar-refractivity contribution in [1.82, 2.24) is 25.3 Å². The molecule has 0 atom stereocenters.